The average molecular weight is 320 g/mol. The minimum Gasteiger partial charge on any atom is -0.354 e. The van der Waals surface area contributed by atoms with Gasteiger partial charge in [-0.2, -0.15) is 0 Å². The third-order valence-corrected chi connectivity index (χ3v) is 4.82. The lowest BCUT2D eigenvalue weighted by Gasteiger charge is -2.38. The van der Waals surface area contributed by atoms with Gasteiger partial charge < -0.3 is 5.32 Å². The molecule has 4 heteroatoms. The lowest BCUT2D eigenvalue weighted by Crippen LogP contribution is -2.49. The van der Waals surface area contributed by atoms with Gasteiger partial charge in [-0.05, 0) is 55.5 Å². The molecule has 1 atom stereocenters. The molecule has 1 amide bonds. The predicted octanol–water partition coefficient (Wildman–Crippen LogP) is 3.24. The van der Waals surface area contributed by atoms with Gasteiger partial charge in [-0.3, -0.25) is 9.69 Å². The Balaban J connectivity index is 1.84. The fraction of sp³-hybridized carbons (Fsp3) is 0.632. The van der Waals surface area contributed by atoms with Gasteiger partial charge in [-0.25, -0.2) is 4.39 Å². The zero-order valence-corrected chi connectivity index (χ0v) is 14.5. The lowest BCUT2D eigenvalue weighted by atomic mass is 9.94. The fourth-order valence-corrected chi connectivity index (χ4v) is 3.26. The van der Waals surface area contributed by atoms with E-state index in [1.807, 2.05) is 0 Å². The number of carbonyl (C=O) groups is 1. The van der Waals surface area contributed by atoms with E-state index in [4.69, 9.17) is 0 Å². The summed E-state index contributed by atoms with van der Waals surface area (Å²) in [6, 6.07) is 6.62. The number of rotatable bonds is 6. The monoisotopic (exact) mass is 320 g/mol. The number of benzene rings is 1. The summed E-state index contributed by atoms with van der Waals surface area (Å²) in [7, 11) is 0. The molecule has 3 nitrogen and oxygen atoms in total. The van der Waals surface area contributed by atoms with E-state index in [-0.39, 0.29) is 18.1 Å². The first-order valence-corrected chi connectivity index (χ1v) is 8.71. The predicted molar refractivity (Wildman–Crippen MR) is 91.7 cm³/mol. The van der Waals surface area contributed by atoms with Crippen molar-refractivity contribution in [2.75, 3.05) is 19.6 Å². The van der Waals surface area contributed by atoms with E-state index in [0.29, 0.717) is 18.5 Å². The average Bonchev–Trinajstić information content (AvgIpc) is 2.49. The molecule has 1 aliphatic rings. The molecule has 1 heterocycles. The van der Waals surface area contributed by atoms with Gasteiger partial charge in [-0.15, -0.1) is 0 Å². The molecule has 2 rings (SSSR count). The number of nitrogens with one attached hydrogen (secondary N) is 1. The van der Waals surface area contributed by atoms with Crippen molar-refractivity contribution >= 4 is 5.91 Å². The van der Waals surface area contributed by atoms with Gasteiger partial charge >= 0.3 is 0 Å². The maximum atomic E-state index is 13.2. The fourth-order valence-electron chi connectivity index (χ4n) is 3.26. The van der Waals surface area contributed by atoms with Crippen LogP contribution >= 0.6 is 0 Å². The molecule has 1 unspecified atom stereocenters. The smallest absolute Gasteiger partial charge is 0.224 e. The van der Waals surface area contributed by atoms with Crippen LogP contribution in [0.3, 0.4) is 0 Å². The maximum absolute atomic E-state index is 13.2. The summed E-state index contributed by atoms with van der Waals surface area (Å²) in [5.74, 6) is 0.976. The van der Waals surface area contributed by atoms with Crippen LogP contribution in [0.2, 0.25) is 0 Å². The summed E-state index contributed by atoms with van der Waals surface area (Å²) in [6.45, 7) is 9.62. The van der Waals surface area contributed by atoms with Crippen molar-refractivity contribution in [2.45, 2.75) is 46.1 Å². The molecule has 0 radical (unpaired) electrons. The van der Waals surface area contributed by atoms with Gasteiger partial charge in [0.15, 0.2) is 0 Å². The number of piperidine rings is 1. The quantitative estimate of drug-likeness (QED) is 0.873. The summed E-state index contributed by atoms with van der Waals surface area (Å²) in [5, 5.41) is 3.04. The second kappa shape index (κ2) is 8.44. The molecule has 128 valence electrons. The maximum Gasteiger partial charge on any atom is 0.224 e. The summed E-state index contributed by atoms with van der Waals surface area (Å²) in [5.41, 5.74) is 0.718. The third kappa shape index (κ3) is 5.61. The van der Waals surface area contributed by atoms with Crippen LogP contribution in [0.25, 0.3) is 0 Å². The highest BCUT2D eigenvalue weighted by atomic mass is 19.1. The van der Waals surface area contributed by atoms with E-state index in [2.05, 4.69) is 31.0 Å². The van der Waals surface area contributed by atoms with Gasteiger partial charge in [0, 0.05) is 12.6 Å². The van der Waals surface area contributed by atoms with Crippen molar-refractivity contribution in [2.24, 2.45) is 11.8 Å². The van der Waals surface area contributed by atoms with Gasteiger partial charge in [0.2, 0.25) is 5.91 Å². The summed E-state index contributed by atoms with van der Waals surface area (Å²) in [4.78, 5) is 14.6. The van der Waals surface area contributed by atoms with Gasteiger partial charge in [0.1, 0.15) is 5.82 Å². The molecule has 1 fully saturated rings. The molecule has 0 aromatic heterocycles. The molecule has 0 bridgehead atoms. The summed E-state index contributed by atoms with van der Waals surface area (Å²) in [6.07, 6.45) is 2.71. The van der Waals surface area contributed by atoms with E-state index in [1.165, 1.54) is 25.0 Å². The largest absolute Gasteiger partial charge is 0.354 e. The highest BCUT2D eigenvalue weighted by Crippen LogP contribution is 2.21. The molecule has 1 aromatic carbocycles. The van der Waals surface area contributed by atoms with E-state index < -0.39 is 0 Å². The Morgan fingerprint density at radius 3 is 2.65 bits per heavy atom. The molecule has 1 aromatic rings. The van der Waals surface area contributed by atoms with E-state index in [0.717, 1.165) is 24.6 Å². The molecule has 0 spiro atoms. The van der Waals surface area contributed by atoms with Crippen molar-refractivity contribution in [1.82, 2.24) is 10.2 Å². The van der Waals surface area contributed by atoms with E-state index >= 15 is 0 Å². The molecule has 1 aliphatic heterocycles. The number of carbonyl (C=O) groups excluding carboxylic acids is 1. The lowest BCUT2D eigenvalue weighted by molar-refractivity contribution is -0.120. The Hall–Kier alpha value is -1.42. The standard InChI is InChI=1S/C19H29FN2O/c1-14(2)18(22-9-7-15(3)8-10-22)13-21-19(23)12-16-5-4-6-17(20)11-16/h4-6,11,14-15,18H,7-10,12-13H2,1-3H3,(H,21,23). The second-order valence-electron chi connectivity index (χ2n) is 7.14. The minimum atomic E-state index is -0.294. The van der Waals surface area contributed by atoms with Gasteiger partial charge in [0.25, 0.3) is 0 Å². The molecule has 0 saturated carbocycles. The SMILES string of the molecule is CC1CCN(C(CNC(=O)Cc2cccc(F)c2)C(C)C)CC1. The number of halogens is 1. The highest BCUT2D eigenvalue weighted by Gasteiger charge is 2.25. The van der Waals surface area contributed by atoms with Crippen molar-refractivity contribution in [3.63, 3.8) is 0 Å². The van der Waals surface area contributed by atoms with Gasteiger partial charge in [-0.1, -0.05) is 32.9 Å². The van der Waals surface area contributed by atoms with Crippen molar-refractivity contribution in [3.8, 4) is 0 Å². The molecule has 0 aliphatic carbocycles. The van der Waals surface area contributed by atoms with Crippen molar-refractivity contribution < 1.29 is 9.18 Å². The normalized spacial score (nSPS) is 18.1. The van der Waals surface area contributed by atoms with E-state index in [9.17, 15) is 9.18 Å². The summed E-state index contributed by atoms with van der Waals surface area (Å²) < 4.78 is 13.2. The molecule has 1 saturated heterocycles. The number of hydrogen-bond acceptors (Lipinski definition) is 2. The van der Waals surface area contributed by atoms with Crippen molar-refractivity contribution in [1.29, 1.82) is 0 Å². The Kier molecular flexibility index (Phi) is 6.58. The van der Waals surface area contributed by atoms with Crippen LogP contribution in [0, 0.1) is 17.7 Å². The Bertz CT molecular complexity index is 510. The van der Waals surface area contributed by atoms with Crippen LogP contribution in [0.15, 0.2) is 24.3 Å². The van der Waals surface area contributed by atoms with Crippen LogP contribution in [-0.4, -0.2) is 36.5 Å². The molecular weight excluding hydrogens is 291 g/mol. The third-order valence-electron chi connectivity index (χ3n) is 4.82. The van der Waals surface area contributed by atoms with Crippen molar-refractivity contribution in [3.05, 3.63) is 35.6 Å². The van der Waals surface area contributed by atoms with Crippen LogP contribution in [-0.2, 0) is 11.2 Å². The van der Waals surface area contributed by atoms with Gasteiger partial charge in [0.05, 0.1) is 6.42 Å². The number of amides is 1. The van der Waals surface area contributed by atoms with Crippen LogP contribution in [0.4, 0.5) is 4.39 Å². The molecule has 1 N–H and O–H groups in total. The Morgan fingerprint density at radius 2 is 2.04 bits per heavy atom. The zero-order valence-electron chi connectivity index (χ0n) is 14.5. The first-order valence-electron chi connectivity index (χ1n) is 8.71. The molecule has 23 heavy (non-hydrogen) atoms. The first kappa shape index (κ1) is 17.9. The second-order valence-corrected chi connectivity index (χ2v) is 7.14. The topological polar surface area (TPSA) is 32.3 Å². The van der Waals surface area contributed by atoms with Crippen LogP contribution in [0.5, 0.6) is 0 Å². The highest BCUT2D eigenvalue weighted by molar-refractivity contribution is 5.78. The summed E-state index contributed by atoms with van der Waals surface area (Å²) >= 11 is 0. The Labute approximate surface area is 139 Å². The number of likely N-dealkylation sites (tertiary alicyclic amines) is 1. The number of hydrogen-bond donors (Lipinski definition) is 1. The minimum absolute atomic E-state index is 0.0355. The number of nitrogens with zero attached hydrogens (tertiary/aromatic N) is 1. The zero-order chi connectivity index (χ0) is 16.8. The Morgan fingerprint density at radius 1 is 1.35 bits per heavy atom. The van der Waals surface area contributed by atoms with Crippen LogP contribution < -0.4 is 5.32 Å². The van der Waals surface area contributed by atoms with Crippen LogP contribution in [0.1, 0.15) is 39.2 Å². The molecular formula is C19H29FN2O. The van der Waals surface area contributed by atoms with E-state index in [1.54, 1.807) is 12.1 Å². The first-order chi connectivity index (χ1) is 11.0.